The van der Waals surface area contributed by atoms with Crippen molar-refractivity contribution in [3.63, 3.8) is 0 Å². The number of carbonyl (C=O) groups is 2. The zero-order valence-electron chi connectivity index (χ0n) is 14.8. The summed E-state index contributed by atoms with van der Waals surface area (Å²) in [6.45, 7) is 11.3. The van der Waals surface area contributed by atoms with Crippen LogP contribution in [0.4, 0.5) is 4.79 Å². The summed E-state index contributed by atoms with van der Waals surface area (Å²) in [4.78, 5) is 23.1. The van der Waals surface area contributed by atoms with E-state index in [4.69, 9.17) is 4.74 Å². The molecule has 0 radical (unpaired) electrons. The molecule has 0 aliphatic rings. The highest BCUT2D eigenvalue weighted by atomic mass is 16.6. The van der Waals surface area contributed by atoms with Crippen molar-refractivity contribution in [3.05, 3.63) is 34.4 Å². The maximum absolute atomic E-state index is 11.8. The number of aryl methyl sites for hydroxylation is 3. The van der Waals surface area contributed by atoms with Gasteiger partial charge in [-0.3, -0.25) is 0 Å². The van der Waals surface area contributed by atoms with Crippen LogP contribution in [0.25, 0.3) is 0 Å². The van der Waals surface area contributed by atoms with Crippen LogP contribution in [0.2, 0.25) is 0 Å². The van der Waals surface area contributed by atoms with Crippen LogP contribution in [-0.4, -0.2) is 28.8 Å². The topological polar surface area (TPSA) is 75.6 Å². The van der Waals surface area contributed by atoms with E-state index in [0.717, 1.165) is 16.7 Å². The van der Waals surface area contributed by atoms with Gasteiger partial charge in [0.15, 0.2) is 0 Å². The Morgan fingerprint density at radius 3 is 2.13 bits per heavy atom. The third-order valence-corrected chi connectivity index (χ3v) is 3.51. The lowest BCUT2D eigenvalue weighted by Gasteiger charge is -2.22. The van der Waals surface area contributed by atoms with Crippen LogP contribution >= 0.6 is 0 Å². The molecule has 0 bridgehead atoms. The Kier molecular flexibility index (Phi) is 6.19. The molecule has 1 amide bonds. The maximum Gasteiger partial charge on any atom is 0.408 e. The SMILES string of the molecule is Cc1cc(C)c(CCC(NC(=O)OC(C)(C)C)C(=O)O)c(C)c1. The molecule has 5 heteroatoms. The summed E-state index contributed by atoms with van der Waals surface area (Å²) in [6, 6.07) is 3.20. The number of nitrogens with one attached hydrogen (secondary N) is 1. The van der Waals surface area contributed by atoms with Gasteiger partial charge in [0.25, 0.3) is 0 Å². The molecule has 0 aliphatic heterocycles. The number of hydrogen-bond donors (Lipinski definition) is 2. The van der Waals surface area contributed by atoms with Crippen LogP contribution in [0.3, 0.4) is 0 Å². The van der Waals surface area contributed by atoms with E-state index in [0.29, 0.717) is 12.8 Å². The molecule has 0 heterocycles. The molecule has 0 aromatic heterocycles. The summed E-state index contributed by atoms with van der Waals surface area (Å²) >= 11 is 0. The molecule has 0 aliphatic carbocycles. The number of carbonyl (C=O) groups excluding carboxylic acids is 1. The van der Waals surface area contributed by atoms with Crippen molar-refractivity contribution in [1.29, 1.82) is 0 Å². The molecule has 1 unspecified atom stereocenters. The summed E-state index contributed by atoms with van der Waals surface area (Å²) in [5.41, 5.74) is 3.95. The molecular weight excluding hydrogens is 294 g/mol. The predicted octanol–water partition coefficient (Wildman–Crippen LogP) is 3.52. The van der Waals surface area contributed by atoms with E-state index in [1.807, 2.05) is 20.8 Å². The fourth-order valence-corrected chi connectivity index (χ4v) is 2.60. The smallest absolute Gasteiger partial charge is 0.408 e. The Morgan fingerprint density at radius 2 is 1.70 bits per heavy atom. The van der Waals surface area contributed by atoms with Gasteiger partial charge in [0.05, 0.1) is 0 Å². The highest BCUT2D eigenvalue weighted by Gasteiger charge is 2.24. The summed E-state index contributed by atoms with van der Waals surface area (Å²) < 4.78 is 5.12. The Labute approximate surface area is 138 Å². The van der Waals surface area contributed by atoms with Crippen molar-refractivity contribution in [2.75, 3.05) is 0 Å². The minimum absolute atomic E-state index is 0.319. The van der Waals surface area contributed by atoms with Gasteiger partial charge < -0.3 is 15.2 Å². The molecule has 1 atom stereocenters. The minimum Gasteiger partial charge on any atom is -0.480 e. The fourth-order valence-electron chi connectivity index (χ4n) is 2.60. The van der Waals surface area contributed by atoms with Crippen LogP contribution in [0.1, 0.15) is 49.4 Å². The van der Waals surface area contributed by atoms with Gasteiger partial charge >= 0.3 is 12.1 Å². The van der Waals surface area contributed by atoms with Crippen molar-refractivity contribution in [1.82, 2.24) is 5.32 Å². The number of aliphatic carboxylic acids is 1. The Morgan fingerprint density at radius 1 is 1.17 bits per heavy atom. The molecule has 128 valence electrons. The second-order valence-electron chi connectivity index (χ2n) is 6.95. The number of carboxylic acid groups (broad SMARTS) is 1. The molecule has 0 saturated heterocycles. The van der Waals surface area contributed by atoms with Gasteiger partial charge in [-0.2, -0.15) is 0 Å². The van der Waals surface area contributed by atoms with Crippen molar-refractivity contribution >= 4 is 12.1 Å². The van der Waals surface area contributed by atoms with E-state index in [2.05, 4.69) is 17.4 Å². The molecule has 0 fully saturated rings. The maximum atomic E-state index is 11.8. The highest BCUT2D eigenvalue weighted by Crippen LogP contribution is 2.19. The van der Waals surface area contributed by atoms with Gasteiger partial charge in [0, 0.05) is 0 Å². The zero-order valence-corrected chi connectivity index (χ0v) is 14.8. The van der Waals surface area contributed by atoms with Crippen LogP contribution in [-0.2, 0) is 16.0 Å². The summed E-state index contributed by atoms with van der Waals surface area (Å²) in [7, 11) is 0. The number of alkyl carbamates (subject to hydrolysis) is 1. The Bertz CT molecular complexity index is 564. The summed E-state index contributed by atoms with van der Waals surface area (Å²) in [5.74, 6) is -1.06. The van der Waals surface area contributed by atoms with Gasteiger partial charge in [-0.05, 0) is 71.1 Å². The Balaban J connectivity index is 2.75. The highest BCUT2D eigenvalue weighted by molar-refractivity contribution is 5.80. The third-order valence-electron chi connectivity index (χ3n) is 3.51. The molecule has 1 aromatic rings. The lowest BCUT2D eigenvalue weighted by molar-refractivity contribution is -0.139. The standard InChI is InChI=1S/C18H27NO4/c1-11-9-12(2)14(13(3)10-11)7-8-15(16(20)21)19-17(22)23-18(4,5)6/h9-10,15H,7-8H2,1-6H3,(H,19,22)(H,20,21). The molecule has 0 spiro atoms. The van der Waals surface area contributed by atoms with E-state index < -0.39 is 23.7 Å². The number of benzene rings is 1. The minimum atomic E-state index is -1.06. The van der Waals surface area contributed by atoms with E-state index in [1.165, 1.54) is 5.56 Å². The lowest BCUT2D eigenvalue weighted by Crippen LogP contribution is -2.43. The third kappa shape index (κ3) is 6.30. The van der Waals surface area contributed by atoms with E-state index >= 15 is 0 Å². The second-order valence-corrected chi connectivity index (χ2v) is 6.95. The first kappa shape index (κ1) is 19.0. The zero-order chi connectivity index (χ0) is 17.8. The first-order chi connectivity index (χ1) is 10.5. The van der Waals surface area contributed by atoms with Crippen molar-refractivity contribution < 1.29 is 19.4 Å². The van der Waals surface area contributed by atoms with Crippen molar-refractivity contribution in [2.45, 2.75) is 66.0 Å². The summed E-state index contributed by atoms with van der Waals surface area (Å²) in [5, 5.41) is 11.7. The summed E-state index contributed by atoms with van der Waals surface area (Å²) in [6.07, 6.45) is 0.201. The van der Waals surface area contributed by atoms with Gasteiger partial charge in [-0.1, -0.05) is 17.7 Å². The normalized spacial score (nSPS) is 12.6. The average molecular weight is 321 g/mol. The molecule has 23 heavy (non-hydrogen) atoms. The van der Waals surface area contributed by atoms with Crippen molar-refractivity contribution in [3.8, 4) is 0 Å². The monoisotopic (exact) mass is 321 g/mol. The van der Waals surface area contributed by atoms with Gasteiger partial charge in [0.2, 0.25) is 0 Å². The first-order valence-electron chi connectivity index (χ1n) is 7.78. The van der Waals surface area contributed by atoms with Gasteiger partial charge in [-0.15, -0.1) is 0 Å². The number of rotatable bonds is 5. The average Bonchev–Trinajstić information content (AvgIpc) is 2.33. The van der Waals surface area contributed by atoms with E-state index in [-0.39, 0.29) is 0 Å². The van der Waals surface area contributed by atoms with E-state index in [1.54, 1.807) is 20.8 Å². The second kappa shape index (κ2) is 7.49. The number of hydrogen-bond acceptors (Lipinski definition) is 3. The quantitative estimate of drug-likeness (QED) is 0.870. The van der Waals surface area contributed by atoms with Gasteiger partial charge in [-0.25, -0.2) is 9.59 Å². The number of carboxylic acids is 1. The van der Waals surface area contributed by atoms with Crippen LogP contribution in [0.5, 0.6) is 0 Å². The van der Waals surface area contributed by atoms with Gasteiger partial charge in [0.1, 0.15) is 11.6 Å². The molecular formula is C18H27NO4. The predicted molar refractivity (Wildman–Crippen MR) is 89.8 cm³/mol. The lowest BCUT2D eigenvalue weighted by atomic mass is 9.94. The fraction of sp³-hybridized carbons (Fsp3) is 0.556. The van der Waals surface area contributed by atoms with Crippen LogP contribution < -0.4 is 5.32 Å². The molecule has 2 N–H and O–H groups in total. The molecule has 1 aromatic carbocycles. The molecule has 0 saturated carbocycles. The van der Waals surface area contributed by atoms with Crippen molar-refractivity contribution in [2.24, 2.45) is 0 Å². The number of ether oxygens (including phenoxy) is 1. The largest absolute Gasteiger partial charge is 0.480 e. The Hall–Kier alpha value is -2.04. The van der Waals surface area contributed by atoms with Crippen LogP contribution in [0, 0.1) is 20.8 Å². The first-order valence-corrected chi connectivity index (χ1v) is 7.78. The molecule has 5 nitrogen and oxygen atoms in total. The van der Waals surface area contributed by atoms with E-state index in [9.17, 15) is 14.7 Å². The number of amides is 1. The molecule has 1 rings (SSSR count). The van der Waals surface area contributed by atoms with Crippen LogP contribution in [0.15, 0.2) is 12.1 Å².